The molecule has 0 bridgehead atoms. The molecular weight excluding hydrogens is 346 g/mol. The van der Waals surface area contributed by atoms with Crippen LogP contribution in [-0.4, -0.2) is 13.2 Å². The number of halogens is 2. The number of phenols is 1. The van der Waals surface area contributed by atoms with E-state index >= 15 is 0 Å². The van der Waals surface area contributed by atoms with Gasteiger partial charge in [-0.3, -0.25) is 0 Å². The van der Waals surface area contributed by atoms with E-state index in [-0.39, 0.29) is 5.92 Å². The van der Waals surface area contributed by atoms with Crippen LogP contribution in [0.1, 0.15) is 50.5 Å². The first-order valence-corrected chi connectivity index (χ1v) is 12.4. The molecule has 2 aromatic rings. The first-order valence-electron chi connectivity index (χ1n) is 9.79. The van der Waals surface area contributed by atoms with Crippen LogP contribution in [0.15, 0.2) is 42.5 Å². The van der Waals surface area contributed by atoms with E-state index in [2.05, 4.69) is 37.3 Å². The van der Waals surface area contributed by atoms with Crippen molar-refractivity contribution in [1.82, 2.24) is 0 Å². The Bertz CT molecular complexity index is 701. The molecule has 0 unspecified atom stereocenters. The standard InChI is InChI=1S/C22H28F2OSi/c1-2-3-7-12-26(19-8-5-4-6-9-19)13-10-17(11-14-26)18-15-20(23)22(25)21(24)16-18/h4-6,8-9,15-17,25H,2-3,7,10-14H2,1H3. The van der Waals surface area contributed by atoms with E-state index < -0.39 is 25.5 Å². The summed E-state index contributed by atoms with van der Waals surface area (Å²) in [4.78, 5) is 0. The molecule has 1 saturated heterocycles. The van der Waals surface area contributed by atoms with Crippen molar-refractivity contribution in [3.8, 4) is 5.75 Å². The van der Waals surface area contributed by atoms with Crippen molar-refractivity contribution in [1.29, 1.82) is 0 Å². The molecule has 1 fully saturated rings. The van der Waals surface area contributed by atoms with Gasteiger partial charge in [0.25, 0.3) is 0 Å². The summed E-state index contributed by atoms with van der Waals surface area (Å²) in [6.45, 7) is 2.24. The Hall–Kier alpha value is -1.68. The second-order valence-corrected chi connectivity index (χ2v) is 12.3. The molecule has 2 aromatic carbocycles. The molecule has 1 nitrogen and oxygen atoms in total. The molecule has 3 rings (SSSR count). The average Bonchev–Trinajstić information content (AvgIpc) is 2.67. The second kappa shape index (κ2) is 8.34. The van der Waals surface area contributed by atoms with Crippen molar-refractivity contribution < 1.29 is 13.9 Å². The minimum atomic E-state index is -1.55. The van der Waals surface area contributed by atoms with Crippen molar-refractivity contribution in [2.24, 2.45) is 0 Å². The zero-order chi connectivity index (χ0) is 18.6. The van der Waals surface area contributed by atoms with Gasteiger partial charge < -0.3 is 5.11 Å². The third kappa shape index (κ3) is 4.01. The molecular formula is C22H28F2OSi. The normalized spacial score (nSPS) is 23.1. The van der Waals surface area contributed by atoms with Crippen molar-refractivity contribution >= 4 is 13.3 Å². The molecule has 0 spiro atoms. The van der Waals surface area contributed by atoms with Crippen molar-refractivity contribution in [2.45, 2.75) is 63.1 Å². The summed E-state index contributed by atoms with van der Waals surface area (Å²) in [5.74, 6) is -2.37. The molecule has 140 valence electrons. The Morgan fingerprint density at radius 3 is 2.19 bits per heavy atom. The maximum Gasteiger partial charge on any atom is 0.187 e. The number of rotatable bonds is 6. The predicted octanol–water partition coefficient (Wildman–Crippen LogP) is 6.09. The van der Waals surface area contributed by atoms with Crippen molar-refractivity contribution in [3.05, 3.63) is 59.7 Å². The third-order valence-corrected chi connectivity index (χ3v) is 11.5. The average molecular weight is 375 g/mol. The molecule has 0 aliphatic carbocycles. The van der Waals surface area contributed by atoms with Crippen LogP contribution in [0.2, 0.25) is 18.1 Å². The fraction of sp³-hybridized carbons (Fsp3) is 0.455. The number of aromatic hydroxyl groups is 1. The number of phenolic OH excluding ortho intramolecular Hbond substituents is 1. The van der Waals surface area contributed by atoms with E-state index in [1.165, 1.54) is 54.7 Å². The summed E-state index contributed by atoms with van der Waals surface area (Å²) >= 11 is 0. The molecule has 0 aromatic heterocycles. The molecule has 1 aliphatic rings. The van der Waals surface area contributed by atoms with E-state index in [9.17, 15) is 13.9 Å². The Morgan fingerprint density at radius 2 is 1.62 bits per heavy atom. The molecule has 1 N–H and O–H groups in total. The number of hydrogen-bond donors (Lipinski definition) is 1. The summed E-state index contributed by atoms with van der Waals surface area (Å²) in [5, 5.41) is 10.9. The summed E-state index contributed by atoms with van der Waals surface area (Å²) in [6, 6.07) is 17.2. The Labute approximate surface area is 156 Å². The summed E-state index contributed by atoms with van der Waals surface area (Å²) in [7, 11) is -1.55. The van der Waals surface area contributed by atoms with E-state index in [1.54, 1.807) is 0 Å². The van der Waals surface area contributed by atoms with E-state index in [4.69, 9.17) is 0 Å². The van der Waals surface area contributed by atoms with Gasteiger partial charge >= 0.3 is 0 Å². The third-order valence-electron chi connectivity index (χ3n) is 6.10. The quantitative estimate of drug-likeness (QED) is 0.479. The smallest absolute Gasteiger partial charge is 0.187 e. The summed E-state index contributed by atoms with van der Waals surface area (Å²) in [6.07, 6.45) is 5.76. The topological polar surface area (TPSA) is 20.2 Å². The monoisotopic (exact) mass is 374 g/mol. The molecule has 1 aliphatic heterocycles. The number of hydrogen-bond acceptors (Lipinski definition) is 1. The highest BCUT2D eigenvalue weighted by atomic mass is 28.3. The number of unbranched alkanes of at least 4 members (excludes halogenated alkanes) is 2. The van der Waals surface area contributed by atoms with Crippen LogP contribution in [-0.2, 0) is 0 Å². The molecule has 0 amide bonds. The van der Waals surface area contributed by atoms with E-state index in [0.29, 0.717) is 5.56 Å². The molecule has 26 heavy (non-hydrogen) atoms. The lowest BCUT2D eigenvalue weighted by Gasteiger charge is -2.39. The molecule has 0 radical (unpaired) electrons. The van der Waals surface area contributed by atoms with Gasteiger partial charge in [-0.2, -0.15) is 0 Å². The summed E-state index contributed by atoms with van der Waals surface area (Å²) < 4.78 is 27.5. The van der Waals surface area contributed by atoms with Gasteiger partial charge in [0.05, 0.1) is 8.07 Å². The van der Waals surface area contributed by atoms with Crippen molar-refractivity contribution in [3.63, 3.8) is 0 Å². The van der Waals surface area contributed by atoms with Crippen LogP contribution in [0.5, 0.6) is 5.75 Å². The zero-order valence-corrected chi connectivity index (χ0v) is 16.5. The Balaban J connectivity index is 1.78. The minimum Gasteiger partial charge on any atom is -0.503 e. The Morgan fingerprint density at radius 1 is 1.00 bits per heavy atom. The molecule has 4 heteroatoms. The molecule has 1 heterocycles. The highest BCUT2D eigenvalue weighted by Gasteiger charge is 2.39. The van der Waals surface area contributed by atoms with Gasteiger partial charge in [0.1, 0.15) is 0 Å². The largest absolute Gasteiger partial charge is 0.503 e. The second-order valence-electron chi connectivity index (χ2n) is 7.71. The number of benzene rings is 2. The molecule has 0 atom stereocenters. The van der Waals surface area contributed by atoms with Gasteiger partial charge in [-0.15, -0.1) is 0 Å². The first kappa shape index (κ1) is 19.1. The van der Waals surface area contributed by atoms with Crippen LogP contribution in [0.25, 0.3) is 0 Å². The lowest BCUT2D eigenvalue weighted by molar-refractivity contribution is 0.394. The fourth-order valence-electron chi connectivity index (χ4n) is 4.51. The van der Waals surface area contributed by atoms with Gasteiger partial charge in [0, 0.05) is 0 Å². The van der Waals surface area contributed by atoms with Crippen LogP contribution in [0.4, 0.5) is 8.78 Å². The highest BCUT2D eigenvalue weighted by Crippen LogP contribution is 2.41. The van der Waals surface area contributed by atoms with Crippen molar-refractivity contribution in [2.75, 3.05) is 0 Å². The van der Waals surface area contributed by atoms with E-state index in [0.717, 1.165) is 12.8 Å². The molecule has 0 saturated carbocycles. The van der Waals surface area contributed by atoms with Crippen LogP contribution in [0, 0.1) is 11.6 Å². The predicted molar refractivity (Wildman–Crippen MR) is 106 cm³/mol. The minimum absolute atomic E-state index is 0.190. The summed E-state index contributed by atoms with van der Waals surface area (Å²) in [5.41, 5.74) is 0.696. The fourth-order valence-corrected chi connectivity index (χ4v) is 9.76. The lowest BCUT2D eigenvalue weighted by Crippen LogP contribution is -2.49. The SMILES string of the molecule is CCCCC[Si]1(c2ccccc2)CCC(c2cc(F)c(O)c(F)c2)CC1. The maximum absolute atomic E-state index is 13.7. The van der Waals surface area contributed by atoms with Crippen LogP contribution >= 0.6 is 0 Å². The first-order chi connectivity index (χ1) is 12.6. The lowest BCUT2D eigenvalue weighted by atomic mass is 9.93. The Kier molecular flexibility index (Phi) is 6.12. The van der Waals surface area contributed by atoms with Gasteiger partial charge in [-0.05, 0) is 36.5 Å². The zero-order valence-electron chi connectivity index (χ0n) is 15.5. The van der Waals surface area contributed by atoms with Gasteiger partial charge in [0.2, 0.25) is 0 Å². The van der Waals surface area contributed by atoms with Gasteiger partial charge in [-0.25, -0.2) is 8.78 Å². The van der Waals surface area contributed by atoms with Crippen LogP contribution in [0.3, 0.4) is 0 Å². The maximum atomic E-state index is 13.7. The van der Waals surface area contributed by atoms with Gasteiger partial charge in [0.15, 0.2) is 17.4 Å². The van der Waals surface area contributed by atoms with Crippen LogP contribution < -0.4 is 5.19 Å². The highest BCUT2D eigenvalue weighted by molar-refractivity contribution is 6.92. The van der Waals surface area contributed by atoms with Gasteiger partial charge in [-0.1, -0.05) is 79.8 Å². The van der Waals surface area contributed by atoms with E-state index in [1.807, 2.05) is 0 Å².